The molecule has 1 heterocycles. The van der Waals surface area contributed by atoms with E-state index in [4.69, 9.17) is 11.6 Å². The molecule has 0 atom stereocenters. The minimum Gasteiger partial charge on any atom is -0.342 e. The van der Waals surface area contributed by atoms with Crippen LogP contribution < -0.4 is 4.72 Å². The van der Waals surface area contributed by atoms with Crippen molar-refractivity contribution in [1.82, 2.24) is 9.88 Å². The summed E-state index contributed by atoms with van der Waals surface area (Å²) in [5, 5.41) is 0.316. The molecule has 0 radical (unpaired) electrons. The molecule has 0 fully saturated rings. The van der Waals surface area contributed by atoms with E-state index >= 15 is 0 Å². The molecule has 0 saturated heterocycles. The van der Waals surface area contributed by atoms with Crippen molar-refractivity contribution in [3.8, 4) is 0 Å². The second-order valence-corrected chi connectivity index (χ2v) is 8.91. The Morgan fingerprint density at radius 1 is 1.06 bits per heavy atom. The lowest BCUT2D eigenvalue weighted by molar-refractivity contribution is -0.124. The number of carbonyl (C=O) groups is 1. The fourth-order valence-electron chi connectivity index (χ4n) is 2.74. The molecular formula is C23H22ClN3O3S. The van der Waals surface area contributed by atoms with Crippen LogP contribution in [0.3, 0.4) is 0 Å². The number of aromatic nitrogens is 1. The van der Waals surface area contributed by atoms with Gasteiger partial charge in [-0.3, -0.25) is 14.5 Å². The second-order valence-electron chi connectivity index (χ2n) is 6.82. The number of likely N-dealkylation sites (N-methyl/N-ethyl adjacent to an activating group) is 1. The Morgan fingerprint density at radius 2 is 1.77 bits per heavy atom. The number of pyridine rings is 1. The number of rotatable bonds is 8. The second kappa shape index (κ2) is 10.2. The number of hydrogen-bond donors (Lipinski definition) is 1. The third-order valence-corrected chi connectivity index (χ3v) is 6.24. The number of halogens is 1. The van der Waals surface area contributed by atoms with Crippen molar-refractivity contribution in [2.24, 2.45) is 0 Å². The molecule has 1 amide bonds. The first-order valence-electron chi connectivity index (χ1n) is 9.56. The molecule has 2 aromatic carbocycles. The lowest BCUT2D eigenvalue weighted by Crippen LogP contribution is -2.27. The molecule has 1 aromatic heterocycles. The number of amides is 1. The molecule has 8 heteroatoms. The highest BCUT2D eigenvalue weighted by Gasteiger charge is 2.15. The number of hydrogen-bond acceptors (Lipinski definition) is 4. The summed E-state index contributed by atoms with van der Waals surface area (Å²) in [7, 11) is -2.04. The summed E-state index contributed by atoms with van der Waals surface area (Å²) >= 11 is 6.02. The van der Waals surface area contributed by atoms with E-state index < -0.39 is 10.0 Å². The fourth-order valence-corrected chi connectivity index (χ4v) is 4.06. The maximum Gasteiger partial charge on any atom is 0.261 e. The van der Waals surface area contributed by atoms with E-state index in [2.05, 4.69) is 9.71 Å². The summed E-state index contributed by atoms with van der Waals surface area (Å²) in [6.45, 7) is 0.547. The number of para-hydroxylation sites is 1. The van der Waals surface area contributed by atoms with Gasteiger partial charge in [-0.25, -0.2) is 8.42 Å². The molecule has 0 aliphatic rings. The lowest BCUT2D eigenvalue weighted by Gasteiger charge is -2.14. The Kier molecular flexibility index (Phi) is 7.44. The lowest BCUT2D eigenvalue weighted by atomic mass is 10.2. The Hall–Kier alpha value is -3.16. The molecule has 0 bridgehead atoms. The van der Waals surface area contributed by atoms with Gasteiger partial charge in [0.25, 0.3) is 10.0 Å². The fraction of sp³-hybridized carbons (Fsp3) is 0.130. The van der Waals surface area contributed by atoms with E-state index in [1.165, 1.54) is 18.2 Å². The number of anilines is 1. The SMILES string of the molecule is CN(CCc1ccccn1)C(=O)/C=C/c1ccc(S(=O)(=O)Nc2ccccc2Cl)cc1. The molecule has 0 aliphatic carbocycles. The maximum atomic E-state index is 12.6. The Morgan fingerprint density at radius 3 is 2.45 bits per heavy atom. The molecule has 0 spiro atoms. The number of carbonyl (C=O) groups excluding carboxylic acids is 1. The molecule has 31 heavy (non-hydrogen) atoms. The van der Waals surface area contributed by atoms with E-state index in [-0.39, 0.29) is 10.8 Å². The summed E-state index contributed by atoms with van der Waals surface area (Å²) in [4.78, 5) is 18.3. The van der Waals surface area contributed by atoms with E-state index in [0.29, 0.717) is 29.2 Å². The summed E-state index contributed by atoms with van der Waals surface area (Å²) in [6, 6.07) is 18.5. The smallest absolute Gasteiger partial charge is 0.261 e. The molecule has 3 aromatic rings. The van der Waals surface area contributed by atoms with Gasteiger partial charge in [0.2, 0.25) is 5.91 Å². The highest BCUT2D eigenvalue weighted by Crippen LogP contribution is 2.24. The highest BCUT2D eigenvalue weighted by molar-refractivity contribution is 7.92. The van der Waals surface area contributed by atoms with E-state index in [1.807, 2.05) is 18.2 Å². The third kappa shape index (κ3) is 6.41. The molecule has 6 nitrogen and oxygen atoms in total. The largest absolute Gasteiger partial charge is 0.342 e. The third-order valence-electron chi connectivity index (χ3n) is 4.53. The Bertz CT molecular complexity index is 1160. The minimum absolute atomic E-state index is 0.100. The average Bonchev–Trinajstić information content (AvgIpc) is 2.78. The van der Waals surface area contributed by atoms with Crippen LogP contribution in [0.1, 0.15) is 11.3 Å². The summed E-state index contributed by atoms with van der Waals surface area (Å²) in [6.07, 6.45) is 5.51. The van der Waals surface area contributed by atoms with E-state index in [9.17, 15) is 13.2 Å². The van der Waals surface area contributed by atoms with E-state index in [1.54, 1.807) is 60.6 Å². The van der Waals surface area contributed by atoms with Crippen LogP contribution in [0.2, 0.25) is 5.02 Å². The van der Waals surface area contributed by atoms with Gasteiger partial charge in [-0.15, -0.1) is 0 Å². The molecule has 3 rings (SSSR count). The highest BCUT2D eigenvalue weighted by atomic mass is 35.5. The van der Waals surface area contributed by atoms with Gasteiger partial charge in [-0.1, -0.05) is 41.9 Å². The van der Waals surface area contributed by atoms with Crippen molar-refractivity contribution in [2.45, 2.75) is 11.3 Å². The summed E-state index contributed by atoms with van der Waals surface area (Å²) < 4.78 is 27.6. The zero-order valence-corrected chi connectivity index (χ0v) is 18.5. The molecule has 160 valence electrons. The standard InChI is InChI=1S/C23H22ClN3O3S/c1-27(17-15-19-6-4-5-16-25-19)23(28)14-11-18-9-12-20(13-10-18)31(29,30)26-22-8-3-2-7-21(22)24/h2-14,16,26H,15,17H2,1H3/b14-11+. The van der Waals surface area contributed by atoms with Crippen LogP contribution in [0.25, 0.3) is 6.08 Å². The average molecular weight is 456 g/mol. The predicted molar refractivity (Wildman–Crippen MR) is 123 cm³/mol. The van der Waals surface area contributed by atoms with Gasteiger partial charge in [0.1, 0.15) is 0 Å². The van der Waals surface area contributed by atoms with Crippen LogP contribution in [-0.2, 0) is 21.2 Å². The van der Waals surface area contributed by atoms with Crippen LogP contribution in [-0.4, -0.2) is 37.8 Å². The van der Waals surface area contributed by atoms with Gasteiger partial charge < -0.3 is 4.90 Å². The van der Waals surface area contributed by atoms with Crippen molar-refractivity contribution < 1.29 is 13.2 Å². The number of sulfonamides is 1. The van der Waals surface area contributed by atoms with Gasteiger partial charge in [0, 0.05) is 38.0 Å². The number of nitrogens with zero attached hydrogens (tertiary/aromatic N) is 2. The zero-order valence-electron chi connectivity index (χ0n) is 16.9. The normalized spacial score (nSPS) is 11.4. The van der Waals surface area contributed by atoms with Crippen LogP contribution >= 0.6 is 11.6 Å². The van der Waals surface area contributed by atoms with Gasteiger partial charge in [-0.2, -0.15) is 0 Å². The van der Waals surface area contributed by atoms with Gasteiger partial charge in [-0.05, 0) is 48.0 Å². The van der Waals surface area contributed by atoms with Crippen molar-refractivity contribution in [1.29, 1.82) is 0 Å². The van der Waals surface area contributed by atoms with Gasteiger partial charge in [0.05, 0.1) is 15.6 Å². The van der Waals surface area contributed by atoms with Crippen LogP contribution in [0.5, 0.6) is 0 Å². The van der Waals surface area contributed by atoms with Crippen molar-refractivity contribution >= 4 is 39.3 Å². The minimum atomic E-state index is -3.77. The van der Waals surface area contributed by atoms with Gasteiger partial charge >= 0.3 is 0 Å². The summed E-state index contributed by atoms with van der Waals surface area (Å²) in [5.74, 6) is -0.145. The van der Waals surface area contributed by atoms with Crippen LogP contribution in [0, 0.1) is 0 Å². The Balaban J connectivity index is 1.59. The number of benzene rings is 2. The first kappa shape index (κ1) is 22.5. The first-order valence-corrected chi connectivity index (χ1v) is 11.4. The van der Waals surface area contributed by atoms with Crippen molar-refractivity contribution in [3.63, 3.8) is 0 Å². The maximum absolute atomic E-state index is 12.6. The molecular weight excluding hydrogens is 434 g/mol. The first-order chi connectivity index (χ1) is 14.8. The predicted octanol–water partition coefficient (Wildman–Crippen LogP) is 4.25. The summed E-state index contributed by atoms with van der Waals surface area (Å²) in [5.41, 5.74) is 1.95. The Labute approximate surface area is 187 Å². The molecule has 0 aliphatic heterocycles. The van der Waals surface area contributed by atoms with Crippen LogP contribution in [0.15, 0.2) is 83.9 Å². The quantitative estimate of drug-likeness (QED) is 0.515. The molecule has 0 unspecified atom stereocenters. The number of nitrogens with one attached hydrogen (secondary N) is 1. The molecule has 0 saturated carbocycles. The van der Waals surface area contributed by atoms with Crippen molar-refractivity contribution in [3.05, 3.63) is 95.3 Å². The topological polar surface area (TPSA) is 79.4 Å². The van der Waals surface area contributed by atoms with Gasteiger partial charge in [0.15, 0.2) is 0 Å². The molecule has 1 N–H and O–H groups in total. The van der Waals surface area contributed by atoms with Crippen LogP contribution in [0.4, 0.5) is 5.69 Å². The monoisotopic (exact) mass is 455 g/mol. The zero-order chi connectivity index (χ0) is 22.3. The van der Waals surface area contributed by atoms with Crippen molar-refractivity contribution in [2.75, 3.05) is 18.3 Å². The van der Waals surface area contributed by atoms with E-state index in [0.717, 1.165) is 5.69 Å².